The Morgan fingerprint density at radius 2 is 2.56 bits per heavy atom. The van der Waals surface area contributed by atoms with Crippen LogP contribution < -0.4 is 0 Å². The molecule has 0 radical (unpaired) electrons. The summed E-state index contributed by atoms with van der Waals surface area (Å²) in [6, 6.07) is 0. The Labute approximate surface area is 99.9 Å². The number of thiazole rings is 1. The van der Waals surface area contributed by atoms with E-state index >= 15 is 0 Å². The SMILES string of the molecule is CN(Cc1cscn1)CC1(CO)CCOC1. The van der Waals surface area contributed by atoms with Gasteiger partial charge in [0.25, 0.3) is 0 Å². The molecule has 0 aromatic carbocycles. The first kappa shape index (κ1) is 12.0. The molecule has 1 aromatic heterocycles. The molecule has 5 heteroatoms. The number of aliphatic hydroxyl groups is 1. The van der Waals surface area contributed by atoms with Gasteiger partial charge < -0.3 is 9.84 Å². The quantitative estimate of drug-likeness (QED) is 0.836. The largest absolute Gasteiger partial charge is 0.396 e. The monoisotopic (exact) mass is 242 g/mol. The predicted molar refractivity (Wildman–Crippen MR) is 63.4 cm³/mol. The van der Waals surface area contributed by atoms with E-state index < -0.39 is 0 Å². The van der Waals surface area contributed by atoms with E-state index in [-0.39, 0.29) is 12.0 Å². The molecule has 1 aliphatic rings. The number of aromatic nitrogens is 1. The molecule has 1 saturated heterocycles. The Kier molecular flexibility index (Phi) is 3.91. The number of ether oxygens (including phenoxy) is 1. The van der Waals surface area contributed by atoms with Gasteiger partial charge in [0.15, 0.2) is 0 Å². The average molecular weight is 242 g/mol. The fourth-order valence-corrected chi connectivity index (χ4v) is 2.72. The van der Waals surface area contributed by atoms with Crippen molar-refractivity contribution in [3.8, 4) is 0 Å². The second-order valence-electron chi connectivity index (χ2n) is 4.61. The minimum atomic E-state index is -0.0647. The third kappa shape index (κ3) is 2.79. The lowest BCUT2D eigenvalue weighted by Crippen LogP contribution is -2.38. The van der Waals surface area contributed by atoms with E-state index in [2.05, 4.69) is 22.3 Å². The predicted octanol–water partition coefficient (Wildman–Crippen LogP) is 0.974. The molecule has 0 saturated carbocycles. The van der Waals surface area contributed by atoms with Crippen LogP contribution in [0.5, 0.6) is 0 Å². The summed E-state index contributed by atoms with van der Waals surface area (Å²) in [4.78, 5) is 6.47. The number of aliphatic hydroxyl groups excluding tert-OH is 1. The molecule has 16 heavy (non-hydrogen) atoms. The molecule has 0 spiro atoms. The summed E-state index contributed by atoms with van der Waals surface area (Å²) in [6.45, 7) is 3.34. The highest BCUT2D eigenvalue weighted by molar-refractivity contribution is 7.07. The van der Waals surface area contributed by atoms with Crippen molar-refractivity contribution in [1.82, 2.24) is 9.88 Å². The molecule has 2 rings (SSSR count). The van der Waals surface area contributed by atoms with E-state index in [1.54, 1.807) is 11.3 Å². The van der Waals surface area contributed by atoms with E-state index in [0.29, 0.717) is 6.61 Å². The van der Waals surface area contributed by atoms with Gasteiger partial charge in [-0.15, -0.1) is 11.3 Å². The van der Waals surface area contributed by atoms with Crippen LogP contribution in [-0.4, -0.2) is 48.4 Å². The maximum Gasteiger partial charge on any atom is 0.0795 e. The van der Waals surface area contributed by atoms with Gasteiger partial charge in [-0.05, 0) is 13.5 Å². The van der Waals surface area contributed by atoms with Gasteiger partial charge in [0, 0.05) is 30.5 Å². The van der Waals surface area contributed by atoms with Crippen LogP contribution in [0.1, 0.15) is 12.1 Å². The molecular formula is C11H18N2O2S. The summed E-state index contributed by atoms with van der Waals surface area (Å²) in [7, 11) is 2.06. The highest BCUT2D eigenvalue weighted by Gasteiger charge is 2.35. The lowest BCUT2D eigenvalue weighted by atomic mass is 9.88. The number of rotatable bonds is 5. The van der Waals surface area contributed by atoms with Crippen molar-refractivity contribution in [3.63, 3.8) is 0 Å². The van der Waals surface area contributed by atoms with Crippen LogP contribution >= 0.6 is 11.3 Å². The second-order valence-corrected chi connectivity index (χ2v) is 5.33. The molecule has 0 bridgehead atoms. The van der Waals surface area contributed by atoms with Crippen LogP contribution in [0.3, 0.4) is 0 Å². The van der Waals surface area contributed by atoms with Gasteiger partial charge in [0.2, 0.25) is 0 Å². The molecule has 1 unspecified atom stereocenters. The molecular weight excluding hydrogens is 224 g/mol. The van der Waals surface area contributed by atoms with Gasteiger partial charge in [-0.25, -0.2) is 4.98 Å². The van der Waals surface area contributed by atoms with E-state index in [0.717, 1.165) is 31.8 Å². The second kappa shape index (κ2) is 5.23. The zero-order chi connectivity index (χ0) is 11.4. The smallest absolute Gasteiger partial charge is 0.0795 e. The first-order valence-electron chi connectivity index (χ1n) is 5.48. The van der Waals surface area contributed by atoms with Gasteiger partial charge in [0.1, 0.15) is 0 Å². The number of hydrogen-bond donors (Lipinski definition) is 1. The maximum absolute atomic E-state index is 9.47. The van der Waals surface area contributed by atoms with Crippen molar-refractivity contribution in [1.29, 1.82) is 0 Å². The molecule has 0 amide bonds. The van der Waals surface area contributed by atoms with Crippen molar-refractivity contribution in [3.05, 3.63) is 16.6 Å². The highest BCUT2D eigenvalue weighted by atomic mass is 32.1. The minimum Gasteiger partial charge on any atom is -0.396 e. The zero-order valence-electron chi connectivity index (χ0n) is 9.56. The first-order valence-corrected chi connectivity index (χ1v) is 6.43. The molecule has 2 heterocycles. The lowest BCUT2D eigenvalue weighted by molar-refractivity contribution is 0.0622. The number of nitrogens with zero attached hydrogens (tertiary/aromatic N) is 2. The van der Waals surface area contributed by atoms with E-state index in [1.165, 1.54) is 0 Å². The van der Waals surface area contributed by atoms with Crippen molar-refractivity contribution in [2.24, 2.45) is 5.41 Å². The molecule has 1 fully saturated rings. The molecule has 1 N–H and O–H groups in total. The fraction of sp³-hybridized carbons (Fsp3) is 0.727. The summed E-state index contributed by atoms with van der Waals surface area (Å²) in [5.74, 6) is 0. The standard InChI is InChI=1S/C11H18N2O2S/c1-13(4-10-5-16-9-12-10)6-11(7-14)2-3-15-8-11/h5,9,14H,2-4,6-8H2,1H3. The zero-order valence-corrected chi connectivity index (χ0v) is 10.4. The molecule has 90 valence electrons. The van der Waals surface area contributed by atoms with Crippen LogP contribution in [0.2, 0.25) is 0 Å². The van der Waals surface area contributed by atoms with Gasteiger partial charge >= 0.3 is 0 Å². The summed E-state index contributed by atoms with van der Waals surface area (Å²) in [5.41, 5.74) is 2.88. The van der Waals surface area contributed by atoms with Crippen molar-refractivity contribution in [2.45, 2.75) is 13.0 Å². The summed E-state index contributed by atoms with van der Waals surface area (Å²) in [5, 5.41) is 11.5. The van der Waals surface area contributed by atoms with Crippen molar-refractivity contribution >= 4 is 11.3 Å². The molecule has 4 nitrogen and oxygen atoms in total. The first-order chi connectivity index (χ1) is 7.74. The van der Waals surface area contributed by atoms with Crippen LogP contribution in [0.4, 0.5) is 0 Å². The van der Waals surface area contributed by atoms with E-state index in [4.69, 9.17) is 4.74 Å². The molecule has 1 aromatic rings. The van der Waals surface area contributed by atoms with E-state index in [9.17, 15) is 5.11 Å². The highest BCUT2D eigenvalue weighted by Crippen LogP contribution is 2.29. The van der Waals surface area contributed by atoms with Crippen LogP contribution in [0.25, 0.3) is 0 Å². The Balaban J connectivity index is 1.88. The van der Waals surface area contributed by atoms with E-state index in [1.807, 2.05) is 5.51 Å². The minimum absolute atomic E-state index is 0.0647. The third-order valence-electron chi connectivity index (χ3n) is 3.04. The summed E-state index contributed by atoms with van der Waals surface area (Å²) >= 11 is 1.62. The van der Waals surface area contributed by atoms with Crippen LogP contribution in [0.15, 0.2) is 10.9 Å². The van der Waals surface area contributed by atoms with Crippen molar-refractivity contribution < 1.29 is 9.84 Å². The van der Waals surface area contributed by atoms with Gasteiger partial charge in [-0.2, -0.15) is 0 Å². The fourth-order valence-electron chi connectivity index (χ4n) is 2.17. The lowest BCUT2D eigenvalue weighted by Gasteiger charge is -2.30. The molecule has 1 aliphatic heterocycles. The Morgan fingerprint density at radius 3 is 3.12 bits per heavy atom. The molecule has 0 aliphatic carbocycles. The van der Waals surface area contributed by atoms with Gasteiger partial charge in [0.05, 0.1) is 24.4 Å². The molecule has 1 atom stereocenters. The summed E-state index contributed by atoms with van der Waals surface area (Å²) in [6.07, 6.45) is 0.949. The maximum atomic E-state index is 9.47. The third-order valence-corrected chi connectivity index (χ3v) is 3.68. The average Bonchev–Trinajstić information content (AvgIpc) is 2.90. The van der Waals surface area contributed by atoms with Gasteiger partial charge in [-0.1, -0.05) is 0 Å². The van der Waals surface area contributed by atoms with Crippen molar-refractivity contribution in [2.75, 3.05) is 33.4 Å². The topological polar surface area (TPSA) is 45.6 Å². The number of hydrogen-bond acceptors (Lipinski definition) is 5. The summed E-state index contributed by atoms with van der Waals surface area (Å²) < 4.78 is 5.39. The Bertz CT molecular complexity index is 310. The van der Waals surface area contributed by atoms with Crippen LogP contribution in [0, 0.1) is 5.41 Å². The Morgan fingerprint density at radius 1 is 1.69 bits per heavy atom. The Hall–Kier alpha value is -0.490. The van der Waals surface area contributed by atoms with Crippen LogP contribution in [-0.2, 0) is 11.3 Å². The normalized spacial score (nSPS) is 25.4. The van der Waals surface area contributed by atoms with Gasteiger partial charge in [-0.3, -0.25) is 4.90 Å².